The highest BCUT2D eigenvalue weighted by atomic mass is 19.3. The molecule has 2 aliphatic heterocycles. The van der Waals surface area contributed by atoms with Gasteiger partial charge in [-0.25, -0.2) is 14.1 Å². The van der Waals surface area contributed by atoms with Gasteiger partial charge in [-0.2, -0.15) is 13.9 Å². The maximum atomic E-state index is 14.3. The molecule has 0 aliphatic carbocycles. The maximum absolute atomic E-state index is 14.3. The molecule has 0 bridgehead atoms. The molecule has 3 aromatic rings. The number of aliphatic hydroxyl groups excluding tert-OH is 1. The van der Waals surface area contributed by atoms with Crippen LogP contribution >= 0.6 is 0 Å². The number of halogens is 3. The van der Waals surface area contributed by atoms with Crippen molar-refractivity contribution in [3.05, 3.63) is 42.2 Å². The topological polar surface area (TPSA) is 75.4 Å². The molecule has 0 saturated carbocycles. The molecular weight excluding hydrogens is 411 g/mol. The lowest BCUT2D eigenvalue weighted by atomic mass is 9.93. The Labute approximate surface area is 176 Å². The van der Waals surface area contributed by atoms with Gasteiger partial charge in [0.1, 0.15) is 5.75 Å². The van der Waals surface area contributed by atoms with E-state index in [4.69, 9.17) is 5.10 Å². The number of pyridine rings is 1. The van der Waals surface area contributed by atoms with Crippen LogP contribution in [0.5, 0.6) is 5.75 Å². The van der Waals surface area contributed by atoms with Crippen molar-refractivity contribution in [2.75, 3.05) is 37.7 Å². The van der Waals surface area contributed by atoms with Crippen LogP contribution in [0.4, 0.5) is 18.9 Å². The number of ether oxygens (including phenoxy) is 1. The van der Waals surface area contributed by atoms with Gasteiger partial charge in [-0.3, -0.25) is 0 Å². The van der Waals surface area contributed by atoms with Gasteiger partial charge in [0.2, 0.25) is 0 Å². The molecule has 5 rings (SSSR count). The number of aliphatic hydroxyl groups is 1. The summed E-state index contributed by atoms with van der Waals surface area (Å²) < 4.78 is 46.8. The fraction of sp³-hybridized carbons (Fsp3) is 0.429. The Kier molecular flexibility index (Phi) is 4.60. The minimum absolute atomic E-state index is 0.0497. The minimum Gasteiger partial charge on any atom is -0.433 e. The summed E-state index contributed by atoms with van der Waals surface area (Å²) >= 11 is 0. The third-order valence-electron chi connectivity index (χ3n) is 5.69. The summed E-state index contributed by atoms with van der Waals surface area (Å²) in [7, 11) is 0. The molecule has 0 amide bonds. The average Bonchev–Trinajstić information content (AvgIpc) is 3.03. The molecule has 2 saturated heterocycles. The predicted molar refractivity (Wildman–Crippen MR) is 109 cm³/mol. The van der Waals surface area contributed by atoms with Gasteiger partial charge in [-0.1, -0.05) is 0 Å². The fourth-order valence-electron chi connectivity index (χ4n) is 4.03. The zero-order valence-corrected chi connectivity index (χ0v) is 16.9. The summed E-state index contributed by atoms with van der Waals surface area (Å²) in [4.78, 5) is 6.39. The molecule has 1 aromatic carbocycles. The summed E-state index contributed by atoms with van der Waals surface area (Å²) in [6.45, 7) is 1.94. The molecule has 2 fully saturated rings. The van der Waals surface area contributed by atoms with E-state index >= 15 is 0 Å². The maximum Gasteiger partial charge on any atom is 0.394 e. The molecule has 0 atom stereocenters. The molecule has 31 heavy (non-hydrogen) atoms. The van der Waals surface area contributed by atoms with E-state index in [9.17, 15) is 18.3 Å². The van der Waals surface area contributed by atoms with Crippen LogP contribution in [0.2, 0.25) is 0 Å². The Balaban J connectivity index is 1.56. The number of hydrogen-bond donors (Lipinski definition) is 2. The summed E-state index contributed by atoms with van der Waals surface area (Å²) in [6, 6.07) is 8.05. The van der Waals surface area contributed by atoms with Crippen molar-refractivity contribution in [1.82, 2.24) is 20.1 Å². The molecule has 10 heteroatoms. The van der Waals surface area contributed by atoms with Gasteiger partial charge in [-0.15, -0.1) is 0 Å². The van der Waals surface area contributed by atoms with Crippen LogP contribution in [0.25, 0.3) is 16.7 Å². The highest BCUT2D eigenvalue weighted by Gasteiger charge is 2.44. The molecule has 2 aromatic heterocycles. The molecule has 0 unspecified atom stereocenters. The van der Waals surface area contributed by atoms with E-state index in [-0.39, 0.29) is 24.8 Å². The van der Waals surface area contributed by atoms with Gasteiger partial charge < -0.3 is 20.1 Å². The lowest BCUT2D eigenvalue weighted by Crippen LogP contribution is -2.61. The minimum atomic E-state index is -3.27. The largest absolute Gasteiger partial charge is 0.433 e. The first-order chi connectivity index (χ1) is 14.8. The molecule has 2 N–H and O–H groups in total. The number of anilines is 1. The zero-order chi connectivity index (χ0) is 21.8. The second-order valence-electron chi connectivity index (χ2n) is 8.25. The summed E-state index contributed by atoms with van der Waals surface area (Å²) in [5, 5.41) is 18.1. The highest BCUT2D eigenvalue weighted by molar-refractivity contribution is 5.94. The van der Waals surface area contributed by atoms with Crippen molar-refractivity contribution in [2.24, 2.45) is 0 Å². The van der Waals surface area contributed by atoms with Crippen molar-refractivity contribution in [3.63, 3.8) is 0 Å². The number of fused-ring (bicyclic) bond motifs is 1. The van der Waals surface area contributed by atoms with Gasteiger partial charge in [0.15, 0.2) is 11.3 Å². The average molecular weight is 433 g/mol. The van der Waals surface area contributed by atoms with Crippen LogP contribution in [0.1, 0.15) is 18.5 Å². The summed E-state index contributed by atoms with van der Waals surface area (Å²) in [5.41, 5.74) is 1.34. The number of hydrogen-bond acceptors (Lipinski definition) is 6. The Bertz CT molecular complexity index is 1100. The fourth-order valence-corrected chi connectivity index (χ4v) is 4.03. The molecule has 164 valence electrons. The van der Waals surface area contributed by atoms with Crippen LogP contribution in [0.15, 0.2) is 36.5 Å². The third-order valence-corrected chi connectivity index (χ3v) is 5.69. The van der Waals surface area contributed by atoms with E-state index in [1.165, 1.54) is 12.1 Å². The Morgan fingerprint density at radius 3 is 2.52 bits per heavy atom. The number of benzene rings is 1. The second-order valence-corrected chi connectivity index (χ2v) is 8.25. The van der Waals surface area contributed by atoms with Crippen molar-refractivity contribution < 1.29 is 23.0 Å². The number of nitrogens with one attached hydrogen (secondary N) is 1. The molecule has 2 aliphatic rings. The smallest absolute Gasteiger partial charge is 0.394 e. The number of alkyl halides is 3. The van der Waals surface area contributed by atoms with Crippen LogP contribution < -0.4 is 15.0 Å². The van der Waals surface area contributed by atoms with Crippen molar-refractivity contribution in [3.8, 4) is 11.4 Å². The Morgan fingerprint density at radius 2 is 1.94 bits per heavy atom. The summed E-state index contributed by atoms with van der Waals surface area (Å²) in [5.74, 6) is 0.246. The van der Waals surface area contributed by atoms with E-state index < -0.39 is 18.4 Å². The zero-order valence-electron chi connectivity index (χ0n) is 16.9. The van der Waals surface area contributed by atoms with Crippen LogP contribution in [0.3, 0.4) is 0 Å². The predicted octanol–water partition coefficient (Wildman–Crippen LogP) is 2.62. The first-order valence-electron chi connectivity index (χ1n) is 10.1. The van der Waals surface area contributed by atoms with E-state index in [0.717, 1.165) is 29.9 Å². The monoisotopic (exact) mass is 433 g/mol. The molecule has 0 spiro atoms. The molecular formula is C21H22F3N5O2. The van der Waals surface area contributed by atoms with E-state index in [1.54, 1.807) is 23.0 Å². The van der Waals surface area contributed by atoms with Crippen molar-refractivity contribution >= 4 is 16.7 Å². The van der Waals surface area contributed by atoms with Crippen LogP contribution in [-0.4, -0.2) is 64.4 Å². The Morgan fingerprint density at radius 1 is 1.23 bits per heavy atom. The lowest BCUT2D eigenvalue weighted by molar-refractivity contribution is -0.158. The highest BCUT2D eigenvalue weighted by Crippen LogP contribution is 2.39. The van der Waals surface area contributed by atoms with E-state index in [1.807, 2.05) is 11.0 Å². The third kappa shape index (κ3) is 3.59. The SMILES string of the molecule is CC(F)(F)Oc1ccc(-n2nc(C3CNC3)c3c(N4CC(F)(CO)C4)ccnc32)cc1. The molecule has 4 heterocycles. The van der Waals surface area contributed by atoms with E-state index in [0.29, 0.717) is 18.3 Å². The lowest BCUT2D eigenvalue weighted by Gasteiger charge is -2.45. The number of rotatable bonds is 6. The normalized spacial score (nSPS) is 18.7. The van der Waals surface area contributed by atoms with Crippen molar-refractivity contribution in [1.29, 1.82) is 0 Å². The summed E-state index contributed by atoms with van der Waals surface area (Å²) in [6.07, 6.45) is -1.62. The standard InChI is InChI=1S/C21H22F3N5O2/c1-20(22,23)31-15-4-2-14(3-5-15)29-19-17(18(27-29)13-8-25-9-13)16(6-7-26-19)28-10-21(24,11-28)12-30/h2-7,13,25,30H,8-12H2,1H3. The van der Waals surface area contributed by atoms with Gasteiger partial charge >= 0.3 is 6.11 Å². The van der Waals surface area contributed by atoms with Gasteiger partial charge in [0.25, 0.3) is 0 Å². The Hall–Kier alpha value is -2.85. The van der Waals surface area contributed by atoms with E-state index in [2.05, 4.69) is 15.0 Å². The van der Waals surface area contributed by atoms with Gasteiger partial charge in [0, 0.05) is 32.1 Å². The second kappa shape index (κ2) is 7.10. The molecule has 7 nitrogen and oxygen atoms in total. The number of aromatic nitrogens is 3. The first kappa shape index (κ1) is 20.1. The van der Waals surface area contributed by atoms with Gasteiger partial charge in [-0.05, 0) is 30.3 Å². The van der Waals surface area contributed by atoms with Gasteiger partial charge in [0.05, 0.1) is 42.2 Å². The van der Waals surface area contributed by atoms with Crippen molar-refractivity contribution in [2.45, 2.75) is 24.6 Å². The quantitative estimate of drug-likeness (QED) is 0.623. The number of nitrogens with zero attached hydrogens (tertiary/aromatic N) is 4. The first-order valence-corrected chi connectivity index (χ1v) is 10.1. The molecule has 0 radical (unpaired) electrons. The van der Waals surface area contributed by atoms with Crippen LogP contribution in [0, 0.1) is 0 Å². The van der Waals surface area contributed by atoms with Crippen LogP contribution in [-0.2, 0) is 0 Å².